The third-order valence-electron chi connectivity index (χ3n) is 4.64. The molecule has 140 valence electrons. The average Bonchev–Trinajstić information content (AvgIpc) is 3.04. The van der Waals surface area contributed by atoms with Crippen LogP contribution in [0.15, 0.2) is 30.3 Å². The first-order valence-electron chi connectivity index (χ1n) is 8.96. The van der Waals surface area contributed by atoms with E-state index >= 15 is 0 Å². The van der Waals surface area contributed by atoms with E-state index in [2.05, 4.69) is 20.3 Å². The van der Waals surface area contributed by atoms with Crippen LogP contribution in [0.3, 0.4) is 0 Å². The number of halogens is 2. The number of alkyl halides is 2. The number of carbonyl (C=O) groups excluding carboxylic acids is 1. The van der Waals surface area contributed by atoms with Gasteiger partial charge in [-0.2, -0.15) is 13.9 Å². The standard InChI is InChI=1S/C19H23F2N3O2/c20-19(21)26-16-8-6-14(7-9-16)11-18(25)22-17-12-15(23-24-17)10-13-4-2-1-3-5-13/h6-9,12-13,19H,1-5,10-11H2,(H2,22,23,24,25). The predicted octanol–water partition coefficient (Wildman–Crippen LogP) is 4.32. The lowest BCUT2D eigenvalue weighted by Gasteiger charge is -2.20. The van der Waals surface area contributed by atoms with Crippen LogP contribution in [0.5, 0.6) is 5.75 Å². The summed E-state index contributed by atoms with van der Waals surface area (Å²) in [7, 11) is 0. The Morgan fingerprint density at radius 3 is 2.65 bits per heavy atom. The molecule has 1 saturated carbocycles. The fraction of sp³-hybridized carbons (Fsp3) is 0.474. The number of aromatic nitrogens is 2. The molecule has 1 aromatic carbocycles. The second kappa shape index (κ2) is 8.78. The number of ether oxygens (including phenoxy) is 1. The molecule has 5 nitrogen and oxygen atoms in total. The molecule has 0 atom stereocenters. The highest BCUT2D eigenvalue weighted by Crippen LogP contribution is 2.26. The van der Waals surface area contributed by atoms with Gasteiger partial charge in [-0.3, -0.25) is 9.89 Å². The van der Waals surface area contributed by atoms with Crippen molar-refractivity contribution in [1.29, 1.82) is 0 Å². The highest BCUT2D eigenvalue weighted by molar-refractivity contribution is 5.91. The van der Waals surface area contributed by atoms with E-state index in [9.17, 15) is 13.6 Å². The molecule has 1 amide bonds. The summed E-state index contributed by atoms with van der Waals surface area (Å²) in [4.78, 5) is 12.1. The van der Waals surface area contributed by atoms with Gasteiger partial charge in [-0.15, -0.1) is 0 Å². The summed E-state index contributed by atoms with van der Waals surface area (Å²) >= 11 is 0. The lowest BCUT2D eigenvalue weighted by molar-refractivity contribution is -0.115. The maximum atomic E-state index is 12.1. The number of anilines is 1. The van der Waals surface area contributed by atoms with Crippen LogP contribution in [-0.4, -0.2) is 22.7 Å². The Bertz CT molecular complexity index is 710. The number of aromatic amines is 1. The highest BCUT2D eigenvalue weighted by atomic mass is 19.3. The maximum absolute atomic E-state index is 12.1. The third-order valence-corrected chi connectivity index (χ3v) is 4.64. The van der Waals surface area contributed by atoms with Gasteiger partial charge in [0, 0.05) is 11.8 Å². The van der Waals surface area contributed by atoms with Crippen LogP contribution in [0.2, 0.25) is 0 Å². The van der Waals surface area contributed by atoms with Gasteiger partial charge >= 0.3 is 6.61 Å². The number of carbonyl (C=O) groups is 1. The van der Waals surface area contributed by atoms with Crippen LogP contribution in [0.4, 0.5) is 14.6 Å². The Morgan fingerprint density at radius 1 is 1.23 bits per heavy atom. The molecule has 0 unspecified atom stereocenters. The molecule has 1 fully saturated rings. The molecule has 1 aliphatic carbocycles. The number of nitrogens with one attached hydrogen (secondary N) is 2. The molecular formula is C19H23F2N3O2. The molecule has 0 saturated heterocycles. The van der Waals surface area contributed by atoms with Gasteiger partial charge in [-0.1, -0.05) is 44.2 Å². The van der Waals surface area contributed by atoms with Crippen molar-refractivity contribution in [1.82, 2.24) is 10.2 Å². The normalized spacial score (nSPS) is 15.2. The van der Waals surface area contributed by atoms with Gasteiger partial charge in [0.2, 0.25) is 5.91 Å². The highest BCUT2D eigenvalue weighted by Gasteiger charge is 2.15. The number of hydrogen-bond acceptors (Lipinski definition) is 3. The summed E-state index contributed by atoms with van der Waals surface area (Å²) in [5, 5.41) is 9.91. The summed E-state index contributed by atoms with van der Waals surface area (Å²) in [6.07, 6.45) is 7.54. The van der Waals surface area contributed by atoms with E-state index in [0.717, 1.165) is 12.1 Å². The van der Waals surface area contributed by atoms with Crippen LogP contribution in [0, 0.1) is 5.92 Å². The van der Waals surface area contributed by atoms with Crippen LogP contribution in [-0.2, 0) is 17.6 Å². The van der Waals surface area contributed by atoms with Gasteiger partial charge in [0.1, 0.15) is 5.75 Å². The second-order valence-electron chi connectivity index (χ2n) is 6.73. The first-order chi connectivity index (χ1) is 12.6. The van der Waals surface area contributed by atoms with Crippen molar-refractivity contribution in [3.63, 3.8) is 0 Å². The van der Waals surface area contributed by atoms with Crippen LogP contribution >= 0.6 is 0 Å². The number of rotatable bonds is 7. The summed E-state index contributed by atoms with van der Waals surface area (Å²) in [5.74, 6) is 1.08. The number of hydrogen-bond donors (Lipinski definition) is 2. The van der Waals surface area contributed by atoms with E-state index in [0.29, 0.717) is 17.3 Å². The Labute approximate surface area is 151 Å². The molecular weight excluding hydrogens is 340 g/mol. The molecule has 1 aliphatic rings. The minimum atomic E-state index is -2.85. The minimum absolute atomic E-state index is 0.0730. The summed E-state index contributed by atoms with van der Waals surface area (Å²) in [6, 6.07) is 7.91. The quantitative estimate of drug-likeness (QED) is 0.770. The SMILES string of the molecule is O=C(Cc1ccc(OC(F)F)cc1)Nc1cc(CC2CCCCC2)[nH]n1. The Hall–Kier alpha value is -2.44. The van der Waals surface area contributed by atoms with Crippen LogP contribution in [0.1, 0.15) is 43.4 Å². The van der Waals surface area contributed by atoms with Crippen molar-refractivity contribution in [3.05, 3.63) is 41.6 Å². The number of amides is 1. The molecule has 2 aromatic rings. The molecule has 2 N–H and O–H groups in total. The van der Waals surface area contributed by atoms with Crippen molar-refractivity contribution in [2.24, 2.45) is 5.92 Å². The van der Waals surface area contributed by atoms with E-state index in [1.165, 1.54) is 44.2 Å². The predicted molar refractivity (Wildman–Crippen MR) is 94.3 cm³/mol. The van der Waals surface area contributed by atoms with Crippen molar-refractivity contribution < 1.29 is 18.3 Å². The molecule has 0 aliphatic heterocycles. The number of benzene rings is 1. The zero-order valence-corrected chi connectivity index (χ0v) is 14.5. The molecule has 26 heavy (non-hydrogen) atoms. The van der Waals surface area contributed by atoms with E-state index < -0.39 is 6.61 Å². The first kappa shape index (κ1) is 18.4. The molecule has 1 aromatic heterocycles. The Kier molecular flexibility index (Phi) is 6.20. The Morgan fingerprint density at radius 2 is 1.96 bits per heavy atom. The maximum Gasteiger partial charge on any atom is 0.387 e. The van der Waals surface area contributed by atoms with Crippen molar-refractivity contribution in [2.45, 2.75) is 51.6 Å². The van der Waals surface area contributed by atoms with E-state index in [-0.39, 0.29) is 18.1 Å². The van der Waals surface area contributed by atoms with Gasteiger partial charge < -0.3 is 10.1 Å². The van der Waals surface area contributed by atoms with Crippen molar-refractivity contribution in [3.8, 4) is 5.75 Å². The molecule has 1 heterocycles. The average molecular weight is 363 g/mol. The van der Waals surface area contributed by atoms with Gasteiger partial charge in [0.15, 0.2) is 5.82 Å². The van der Waals surface area contributed by atoms with Gasteiger partial charge in [0.05, 0.1) is 6.42 Å². The molecule has 0 bridgehead atoms. The van der Waals surface area contributed by atoms with Crippen molar-refractivity contribution in [2.75, 3.05) is 5.32 Å². The third kappa shape index (κ3) is 5.54. The van der Waals surface area contributed by atoms with E-state index in [1.807, 2.05) is 6.07 Å². The summed E-state index contributed by atoms with van der Waals surface area (Å²) < 4.78 is 28.5. The zero-order chi connectivity index (χ0) is 18.4. The zero-order valence-electron chi connectivity index (χ0n) is 14.5. The fourth-order valence-corrected chi connectivity index (χ4v) is 3.39. The van der Waals surface area contributed by atoms with Gasteiger partial charge in [-0.05, 0) is 30.0 Å². The molecule has 0 spiro atoms. The number of nitrogens with zero attached hydrogens (tertiary/aromatic N) is 1. The van der Waals surface area contributed by atoms with Gasteiger partial charge in [0.25, 0.3) is 0 Å². The fourth-order valence-electron chi connectivity index (χ4n) is 3.39. The lowest BCUT2D eigenvalue weighted by Crippen LogP contribution is -2.14. The monoisotopic (exact) mass is 363 g/mol. The lowest BCUT2D eigenvalue weighted by atomic mass is 9.86. The molecule has 3 rings (SSSR count). The second-order valence-corrected chi connectivity index (χ2v) is 6.73. The Balaban J connectivity index is 1.48. The largest absolute Gasteiger partial charge is 0.435 e. The van der Waals surface area contributed by atoms with Crippen molar-refractivity contribution >= 4 is 11.7 Å². The minimum Gasteiger partial charge on any atom is -0.435 e. The molecule has 7 heteroatoms. The first-order valence-corrected chi connectivity index (χ1v) is 8.96. The van der Waals surface area contributed by atoms with Gasteiger partial charge in [-0.25, -0.2) is 0 Å². The van der Waals surface area contributed by atoms with Crippen LogP contribution in [0.25, 0.3) is 0 Å². The van der Waals surface area contributed by atoms with E-state index in [4.69, 9.17) is 0 Å². The topological polar surface area (TPSA) is 67.0 Å². The van der Waals surface area contributed by atoms with Crippen LogP contribution < -0.4 is 10.1 Å². The number of H-pyrrole nitrogens is 1. The molecule has 0 radical (unpaired) electrons. The van der Waals surface area contributed by atoms with E-state index in [1.54, 1.807) is 12.1 Å². The summed E-state index contributed by atoms with van der Waals surface area (Å²) in [6.45, 7) is -2.85. The smallest absolute Gasteiger partial charge is 0.387 e. The summed E-state index contributed by atoms with van der Waals surface area (Å²) in [5.41, 5.74) is 1.75.